The van der Waals surface area contributed by atoms with Crippen LogP contribution in [0.1, 0.15) is 77.8 Å². The molecule has 1 saturated heterocycles. The van der Waals surface area contributed by atoms with Crippen LogP contribution in [0.3, 0.4) is 0 Å². The maximum atomic E-state index is 14.5. The van der Waals surface area contributed by atoms with Crippen molar-refractivity contribution in [1.29, 1.82) is 0 Å². The molecule has 3 heterocycles. The van der Waals surface area contributed by atoms with Crippen molar-refractivity contribution in [3.63, 3.8) is 0 Å². The number of carbonyl (C=O) groups is 5. The summed E-state index contributed by atoms with van der Waals surface area (Å²) in [5.74, 6) is -1.83. The maximum Gasteiger partial charge on any atom is 0.410 e. The van der Waals surface area contributed by atoms with Gasteiger partial charge in [-0.3, -0.25) is 24.0 Å². The third-order valence-electron chi connectivity index (χ3n) is 11.0. The van der Waals surface area contributed by atoms with Crippen LogP contribution >= 0.6 is 0 Å². The van der Waals surface area contributed by atoms with Gasteiger partial charge in [-0.05, 0) is 42.7 Å². The summed E-state index contributed by atoms with van der Waals surface area (Å²) in [4.78, 5) is 72.1. The van der Waals surface area contributed by atoms with E-state index in [1.54, 1.807) is 26.8 Å². The number of nitrogens with zero attached hydrogens (tertiary/aromatic N) is 2. The molecule has 0 spiro atoms. The number of methoxy groups -OCH3 is 1. The predicted octanol–water partition coefficient (Wildman–Crippen LogP) is 3.29. The summed E-state index contributed by atoms with van der Waals surface area (Å²) in [7, 11) is -2.40. The van der Waals surface area contributed by atoms with Gasteiger partial charge in [-0.15, -0.1) is 6.58 Å². The molecule has 1 unspecified atom stereocenters. The van der Waals surface area contributed by atoms with Crippen LogP contribution in [-0.4, -0.2) is 104 Å². The molecule has 306 valence electrons. The lowest BCUT2D eigenvalue weighted by molar-refractivity contribution is -0.143. The minimum absolute atomic E-state index is 0.0305. The van der Waals surface area contributed by atoms with Crippen LogP contribution in [0.25, 0.3) is 0 Å². The Morgan fingerprint density at radius 2 is 1.82 bits per heavy atom. The molecular formula is C39H53N5O11S. The Morgan fingerprint density at radius 3 is 2.46 bits per heavy atom. The van der Waals surface area contributed by atoms with E-state index >= 15 is 0 Å². The van der Waals surface area contributed by atoms with Crippen molar-refractivity contribution in [3.8, 4) is 11.5 Å². The molecule has 16 nitrogen and oxygen atoms in total. The van der Waals surface area contributed by atoms with Gasteiger partial charge in [0.05, 0.1) is 32.1 Å². The third-order valence-corrected chi connectivity index (χ3v) is 12.8. The molecular weight excluding hydrogens is 747 g/mol. The van der Waals surface area contributed by atoms with E-state index in [2.05, 4.69) is 21.9 Å². The van der Waals surface area contributed by atoms with Crippen molar-refractivity contribution in [2.45, 2.75) is 109 Å². The van der Waals surface area contributed by atoms with Gasteiger partial charge >= 0.3 is 12.2 Å². The highest BCUT2D eigenvalue weighted by Crippen LogP contribution is 2.46. The largest absolute Gasteiger partial charge is 0.493 e. The predicted molar refractivity (Wildman–Crippen MR) is 203 cm³/mol. The van der Waals surface area contributed by atoms with Crippen LogP contribution in [0.4, 0.5) is 9.59 Å². The van der Waals surface area contributed by atoms with Crippen molar-refractivity contribution >= 4 is 39.9 Å². The highest BCUT2D eigenvalue weighted by atomic mass is 32.2. The van der Waals surface area contributed by atoms with Crippen molar-refractivity contribution < 1.29 is 51.3 Å². The molecule has 2 saturated carbocycles. The zero-order chi connectivity index (χ0) is 40.8. The van der Waals surface area contributed by atoms with E-state index in [9.17, 15) is 32.4 Å². The lowest BCUT2D eigenvalue weighted by Crippen LogP contribution is -2.60. The molecule has 3 fully saturated rings. The van der Waals surface area contributed by atoms with E-state index in [4.69, 9.17) is 18.9 Å². The van der Waals surface area contributed by atoms with Crippen molar-refractivity contribution in [1.82, 2.24) is 25.2 Å². The quantitative estimate of drug-likeness (QED) is 0.342. The highest BCUT2D eigenvalue weighted by Gasteiger charge is 2.62. The SMILES string of the molecule is C=C[C@H]1C[C@@]1(NC(=O)C1C[C@@H]2CN1C(=O)[C@H](C(C)(C)C)NC(=O)OCC(C)(C)C/C=C/COc1c(OC)ccc3c1CN(C3)C(=O)O2)C(=O)NS(=O)(=O)C1CC1. The molecule has 2 aliphatic carbocycles. The Balaban J connectivity index is 1.30. The molecule has 3 N–H and O–H groups in total. The monoisotopic (exact) mass is 799 g/mol. The minimum Gasteiger partial charge on any atom is -0.493 e. The maximum absolute atomic E-state index is 14.5. The number of allylic oxidation sites excluding steroid dienone is 1. The molecule has 5 aliphatic rings. The average Bonchev–Trinajstić information content (AvgIpc) is 4.02. The van der Waals surface area contributed by atoms with Crippen molar-refractivity contribution in [2.24, 2.45) is 16.7 Å². The number of sulfonamides is 1. The van der Waals surface area contributed by atoms with Crippen LogP contribution in [0, 0.1) is 16.7 Å². The van der Waals surface area contributed by atoms with Crippen LogP contribution in [0.15, 0.2) is 36.9 Å². The second-order valence-corrected chi connectivity index (χ2v) is 19.2. The Kier molecular flexibility index (Phi) is 11.1. The summed E-state index contributed by atoms with van der Waals surface area (Å²) in [5, 5.41) is 4.78. The van der Waals surface area contributed by atoms with Crippen LogP contribution < -0.4 is 24.8 Å². The van der Waals surface area contributed by atoms with E-state index in [-0.39, 0.29) is 45.7 Å². The van der Waals surface area contributed by atoms with Gasteiger partial charge in [-0.2, -0.15) is 0 Å². The number of ether oxygens (including phenoxy) is 4. The van der Waals surface area contributed by atoms with Gasteiger partial charge in [-0.1, -0.05) is 58.9 Å². The standard InChI is InChI=1S/C39H53N5O11S/c1-8-24-18-39(24,34(47)42-56(50,51)26-12-13-26)41-32(45)28-17-25-20-44(28)33(46)31(37(2,3)4)40-35(48)54-22-38(5,6)15-9-10-16-53-30-27-21-43(36(49)55-25)19-23(27)11-14-29(30)52-7/h8-11,14,24-26,28,31H,1,12-13,15-22H2,2-7H3,(H,40,48)(H,41,45)(H,42,47)/b10-9+/t24-,25+,28?,31+,39-/m0/s1. The minimum atomic E-state index is -3.93. The third kappa shape index (κ3) is 8.61. The number of alkyl carbamates (subject to hydrolysis) is 1. The second kappa shape index (κ2) is 15.3. The fraction of sp³-hybridized carbons (Fsp3) is 0.615. The molecule has 1 aromatic carbocycles. The molecule has 5 atom stereocenters. The molecule has 5 amide bonds. The number of rotatable bonds is 7. The van der Waals surface area contributed by atoms with E-state index in [1.165, 1.54) is 23.0 Å². The molecule has 1 aromatic rings. The van der Waals surface area contributed by atoms with Crippen LogP contribution in [0.5, 0.6) is 11.5 Å². The Labute approximate surface area is 327 Å². The number of hydrogen-bond acceptors (Lipinski definition) is 11. The Morgan fingerprint density at radius 1 is 1.09 bits per heavy atom. The summed E-state index contributed by atoms with van der Waals surface area (Å²) >= 11 is 0. The van der Waals surface area contributed by atoms with E-state index in [0.717, 1.165) is 11.1 Å². The zero-order valence-electron chi connectivity index (χ0n) is 32.8. The zero-order valence-corrected chi connectivity index (χ0v) is 33.7. The highest BCUT2D eigenvalue weighted by molar-refractivity contribution is 7.91. The number of hydrogen-bond donors (Lipinski definition) is 3. The van der Waals surface area contributed by atoms with E-state index in [1.807, 2.05) is 32.1 Å². The second-order valence-electron chi connectivity index (χ2n) is 17.2. The van der Waals surface area contributed by atoms with Crippen LogP contribution in [-0.2, 0) is 47.0 Å². The smallest absolute Gasteiger partial charge is 0.410 e. The fourth-order valence-electron chi connectivity index (χ4n) is 7.38. The Hall–Kier alpha value is -4.80. The van der Waals surface area contributed by atoms with Crippen molar-refractivity contribution in [2.75, 3.05) is 26.9 Å². The van der Waals surface area contributed by atoms with Crippen LogP contribution in [0.2, 0.25) is 0 Å². The molecule has 3 aliphatic heterocycles. The van der Waals surface area contributed by atoms with Gasteiger partial charge in [0.25, 0.3) is 5.91 Å². The number of fused-ring (bicyclic) bond motifs is 3. The van der Waals surface area contributed by atoms with Gasteiger partial charge in [0.15, 0.2) is 11.5 Å². The normalized spacial score (nSPS) is 28.7. The van der Waals surface area contributed by atoms with Gasteiger partial charge in [0, 0.05) is 29.9 Å². The number of cyclic esters (lactones) is 1. The molecule has 17 heteroatoms. The summed E-state index contributed by atoms with van der Waals surface area (Å²) < 4.78 is 50.9. The number of carbonyl (C=O) groups excluding carboxylic acids is 5. The summed E-state index contributed by atoms with van der Waals surface area (Å²) in [5.41, 5.74) is -1.35. The number of nitrogens with one attached hydrogen (secondary N) is 3. The first kappa shape index (κ1) is 40.9. The molecule has 4 bridgehead atoms. The lowest BCUT2D eigenvalue weighted by Gasteiger charge is -2.35. The van der Waals surface area contributed by atoms with Gasteiger partial charge in [0.2, 0.25) is 21.8 Å². The molecule has 0 aromatic heterocycles. The number of amides is 5. The van der Waals surface area contributed by atoms with Crippen molar-refractivity contribution in [3.05, 3.63) is 48.1 Å². The van der Waals surface area contributed by atoms with E-state index < -0.39 is 85.7 Å². The topological polar surface area (TPSA) is 199 Å². The summed E-state index contributed by atoms with van der Waals surface area (Å²) in [6.07, 6.45) is 4.17. The number of benzene rings is 1. The first-order chi connectivity index (χ1) is 26.3. The Bertz CT molecular complexity index is 1920. The molecule has 6 rings (SSSR count). The fourth-order valence-corrected chi connectivity index (χ4v) is 8.74. The van der Waals surface area contributed by atoms with Gasteiger partial charge < -0.3 is 34.5 Å². The van der Waals surface area contributed by atoms with Gasteiger partial charge in [0.1, 0.15) is 30.3 Å². The summed E-state index contributed by atoms with van der Waals surface area (Å²) in [6.45, 7) is 13.3. The first-order valence-corrected chi connectivity index (χ1v) is 20.5. The molecule has 56 heavy (non-hydrogen) atoms. The lowest BCUT2D eigenvalue weighted by atomic mass is 9.85. The first-order valence-electron chi connectivity index (χ1n) is 18.9. The van der Waals surface area contributed by atoms with E-state index in [0.29, 0.717) is 30.8 Å². The van der Waals surface area contributed by atoms with Gasteiger partial charge in [-0.25, -0.2) is 18.0 Å². The average molecular weight is 800 g/mol. The molecule has 0 radical (unpaired) electrons. The summed E-state index contributed by atoms with van der Waals surface area (Å²) in [6, 6.07) is 1.19.